The van der Waals surface area contributed by atoms with E-state index in [4.69, 9.17) is 4.74 Å². The van der Waals surface area contributed by atoms with Crippen molar-refractivity contribution in [3.63, 3.8) is 0 Å². The van der Waals surface area contributed by atoms with Crippen molar-refractivity contribution in [1.82, 2.24) is 0 Å². The topological polar surface area (TPSA) is 9.23 Å². The monoisotopic (exact) mass is 262 g/mol. The van der Waals surface area contributed by atoms with E-state index in [9.17, 15) is 0 Å². The van der Waals surface area contributed by atoms with Crippen LogP contribution in [-0.4, -0.2) is 6.10 Å². The van der Waals surface area contributed by atoms with Crippen LogP contribution < -0.4 is 10.4 Å². The molecule has 0 saturated carbocycles. The zero-order valence-electron chi connectivity index (χ0n) is 11.8. The fourth-order valence-electron chi connectivity index (χ4n) is 2.51. The average Bonchev–Trinajstić information content (AvgIpc) is 2.45. The lowest BCUT2D eigenvalue weighted by Gasteiger charge is -2.11. The molecule has 0 heterocycles. The predicted molar refractivity (Wildman–Crippen MR) is 83.0 cm³/mol. The van der Waals surface area contributed by atoms with Gasteiger partial charge < -0.3 is 4.74 Å². The molecule has 0 atom stereocenters. The molecule has 0 unspecified atom stereocenters. The molecule has 1 aliphatic rings. The molecule has 1 aliphatic carbocycles. The summed E-state index contributed by atoms with van der Waals surface area (Å²) in [4.78, 5) is 0. The molecular formula is C19H18O. The van der Waals surface area contributed by atoms with Crippen molar-refractivity contribution in [3.8, 4) is 0 Å². The maximum absolute atomic E-state index is 5.98. The molecule has 2 aromatic rings. The minimum Gasteiger partial charge on any atom is -0.490 e. The number of hydrogen-bond acceptors (Lipinski definition) is 1. The molecule has 100 valence electrons. The summed E-state index contributed by atoms with van der Waals surface area (Å²) in [5.74, 6) is 0.932. The van der Waals surface area contributed by atoms with Crippen molar-refractivity contribution in [2.24, 2.45) is 0 Å². The molecule has 1 heteroatoms. The Morgan fingerprint density at radius 3 is 2.20 bits per heavy atom. The van der Waals surface area contributed by atoms with Crippen molar-refractivity contribution in [2.75, 3.05) is 0 Å². The van der Waals surface area contributed by atoms with Crippen LogP contribution in [-0.2, 0) is 4.74 Å². The SMILES string of the molecule is CC(C)OC1=c2cccc/c2=c2\cccc\c2=C\C=C1. The lowest BCUT2D eigenvalue weighted by molar-refractivity contribution is 0.204. The van der Waals surface area contributed by atoms with E-state index in [1.54, 1.807) is 0 Å². The van der Waals surface area contributed by atoms with Gasteiger partial charge in [0, 0.05) is 5.22 Å². The van der Waals surface area contributed by atoms with E-state index in [0.717, 1.165) is 11.0 Å². The normalized spacial score (nSPS) is 16.6. The van der Waals surface area contributed by atoms with E-state index < -0.39 is 0 Å². The molecule has 3 rings (SSSR count). The molecule has 0 bridgehead atoms. The van der Waals surface area contributed by atoms with Gasteiger partial charge in [-0.15, -0.1) is 0 Å². The van der Waals surface area contributed by atoms with Crippen LogP contribution in [0.15, 0.2) is 60.7 Å². The lowest BCUT2D eigenvalue weighted by Crippen LogP contribution is -2.16. The van der Waals surface area contributed by atoms with Crippen LogP contribution in [0, 0.1) is 10.4 Å². The first-order valence-corrected chi connectivity index (χ1v) is 6.99. The van der Waals surface area contributed by atoms with Gasteiger partial charge in [0.05, 0.1) is 6.10 Å². The first-order valence-electron chi connectivity index (χ1n) is 6.99. The van der Waals surface area contributed by atoms with Gasteiger partial charge in [0.1, 0.15) is 5.76 Å². The van der Waals surface area contributed by atoms with E-state index >= 15 is 0 Å². The zero-order valence-corrected chi connectivity index (χ0v) is 11.8. The summed E-state index contributed by atoms with van der Waals surface area (Å²) in [7, 11) is 0. The molecule has 0 N–H and O–H groups in total. The Kier molecular flexibility index (Phi) is 3.42. The maximum atomic E-state index is 5.98. The summed E-state index contributed by atoms with van der Waals surface area (Å²) in [6.07, 6.45) is 6.41. The molecule has 0 aromatic heterocycles. The molecule has 1 nitrogen and oxygen atoms in total. The first-order chi connectivity index (χ1) is 9.75. The Hall–Kier alpha value is -2.28. The molecule has 20 heavy (non-hydrogen) atoms. The fraction of sp³-hybridized carbons (Fsp3) is 0.158. The third-order valence-corrected chi connectivity index (χ3v) is 3.33. The van der Waals surface area contributed by atoms with Gasteiger partial charge in [-0.1, -0.05) is 60.7 Å². The average molecular weight is 262 g/mol. The molecule has 0 spiro atoms. The molecular weight excluding hydrogens is 244 g/mol. The van der Waals surface area contributed by atoms with Gasteiger partial charge in [0.2, 0.25) is 0 Å². The largest absolute Gasteiger partial charge is 0.490 e. The maximum Gasteiger partial charge on any atom is 0.127 e. The number of hydrogen-bond donors (Lipinski definition) is 0. The summed E-state index contributed by atoms with van der Waals surface area (Å²) in [5.41, 5.74) is 0. The predicted octanol–water partition coefficient (Wildman–Crippen LogP) is 2.86. The summed E-state index contributed by atoms with van der Waals surface area (Å²) in [5, 5.41) is 4.86. The molecule has 0 aliphatic heterocycles. The highest BCUT2D eigenvalue weighted by molar-refractivity contribution is 5.56. The lowest BCUT2D eigenvalue weighted by atomic mass is 10.1. The Morgan fingerprint density at radius 2 is 1.45 bits per heavy atom. The van der Waals surface area contributed by atoms with E-state index in [1.165, 1.54) is 15.7 Å². The Labute approximate surface area is 118 Å². The Balaban J connectivity index is 2.54. The van der Waals surface area contributed by atoms with E-state index in [1.807, 2.05) is 0 Å². The van der Waals surface area contributed by atoms with Crippen molar-refractivity contribution < 1.29 is 4.74 Å². The van der Waals surface area contributed by atoms with Crippen LogP contribution in [0.2, 0.25) is 0 Å². The van der Waals surface area contributed by atoms with Crippen molar-refractivity contribution in [2.45, 2.75) is 20.0 Å². The van der Waals surface area contributed by atoms with Crippen molar-refractivity contribution in [1.29, 1.82) is 0 Å². The van der Waals surface area contributed by atoms with Gasteiger partial charge in [0.15, 0.2) is 0 Å². The number of allylic oxidation sites excluding steroid dienone is 1. The minimum absolute atomic E-state index is 0.164. The second kappa shape index (κ2) is 5.38. The third kappa shape index (κ3) is 2.39. The van der Waals surface area contributed by atoms with Crippen LogP contribution in [0.3, 0.4) is 0 Å². The van der Waals surface area contributed by atoms with Crippen LogP contribution in [0.5, 0.6) is 0 Å². The van der Waals surface area contributed by atoms with Crippen molar-refractivity contribution in [3.05, 3.63) is 81.6 Å². The number of benzene rings is 2. The van der Waals surface area contributed by atoms with Crippen LogP contribution >= 0.6 is 0 Å². The quantitative estimate of drug-likeness (QED) is 0.808. The second-order valence-corrected chi connectivity index (χ2v) is 5.19. The summed E-state index contributed by atoms with van der Waals surface area (Å²) in [6, 6.07) is 16.9. The molecule has 2 aromatic carbocycles. The highest BCUT2D eigenvalue weighted by Crippen LogP contribution is 2.06. The van der Waals surface area contributed by atoms with Crippen LogP contribution in [0.25, 0.3) is 11.8 Å². The summed E-state index contributed by atoms with van der Waals surface area (Å²) >= 11 is 0. The molecule has 0 fully saturated rings. The highest BCUT2D eigenvalue weighted by atomic mass is 16.5. The van der Waals surface area contributed by atoms with Crippen LogP contribution in [0.4, 0.5) is 0 Å². The van der Waals surface area contributed by atoms with E-state index in [2.05, 4.69) is 80.6 Å². The van der Waals surface area contributed by atoms with Gasteiger partial charge in [-0.05, 0) is 35.6 Å². The Bertz CT molecular complexity index is 857. The fourth-order valence-corrected chi connectivity index (χ4v) is 2.51. The smallest absolute Gasteiger partial charge is 0.127 e. The summed E-state index contributed by atoms with van der Waals surface area (Å²) < 4.78 is 5.98. The summed E-state index contributed by atoms with van der Waals surface area (Å²) in [6.45, 7) is 4.11. The molecule has 0 radical (unpaired) electrons. The van der Waals surface area contributed by atoms with E-state index in [0.29, 0.717) is 0 Å². The van der Waals surface area contributed by atoms with Gasteiger partial charge in [-0.25, -0.2) is 0 Å². The minimum atomic E-state index is 0.164. The van der Waals surface area contributed by atoms with E-state index in [-0.39, 0.29) is 6.10 Å². The number of fused-ring (bicyclic) bond motifs is 2. The highest BCUT2D eigenvalue weighted by Gasteiger charge is 2.02. The zero-order chi connectivity index (χ0) is 13.9. The standard InChI is InChI=1S/C19H18O/c1-14(2)20-19-13-7-9-15-8-3-4-10-16(15)17-11-5-6-12-18(17)19/h3-14H,1-2H3/b9-7?,13-7?,15-9-,17-16-,19-13?,19-18?. The van der Waals surface area contributed by atoms with Crippen LogP contribution in [0.1, 0.15) is 13.8 Å². The number of rotatable bonds is 2. The molecule has 0 saturated heterocycles. The Morgan fingerprint density at radius 1 is 0.800 bits per heavy atom. The third-order valence-electron chi connectivity index (χ3n) is 3.33. The van der Waals surface area contributed by atoms with Crippen molar-refractivity contribution >= 4 is 11.8 Å². The first kappa shape index (κ1) is 12.7. The van der Waals surface area contributed by atoms with Gasteiger partial charge in [-0.3, -0.25) is 0 Å². The van der Waals surface area contributed by atoms with Gasteiger partial charge in [-0.2, -0.15) is 0 Å². The molecule has 0 amide bonds. The second-order valence-electron chi connectivity index (χ2n) is 5.19. The van der Waals surface area contributed by atoms with Gasteiger partial charge >= 0.3 is 0 Å². The number of ether oxygens (including phenoxy) is 1. The van der Waals surface area contributed by atoms with Gasteiger partial charge in [0.25, 0.3) is 0 Å².